The first kappa shape index (κ1) is 41.5. The maximum absolute atomic E-state index is 12.9. The summed E-state index contributed by atoms with van der Waals surface area (Å²) in [6.07, 6.45) is 8.47. The summed E-state index contributed by atoms with van der Waals surface area (Å²) in [6, 6.07) is 14.7. The van der Waals surface area contributed by atoms with Gasteiger partial charge in [-0.15, -0.1) is 0 Å². The van der Waals surface area contributed by atoms with Gasteiger partial charge in [0.15, 0.2) is 13.5 Å². The minimum absolute atomic E-state index is 0.134. The Labute approximate surface area is 309 Å². The highest BCUT2D eigenvalue weighted by molar-refractivity contribution is 5.88. The van der Waals surface area contributed by atoms with Gasteiger partial charge in [0.05, 0.1) is 35.4 Å². The molecule has 0 unspecified atom stereocenters. The van der Waals surface area contributed by atoms with Crippen LogP contribution in [0, 0.1) is 20.2 Å². The Kier molecular flexibility index (Phi) is 16.3. The smallest absolute Gasteiger partial charge is 0.416 e. The second-order valence-electron chi connectivity index (χ2n) is 12.5. The van der Waals surface area contributed by atoms with Gasteiger partial charge in [0.2, 0.25) is 0 Å². The number of nitrogens with zero attached hydrogens (tertiary/aromatic N) is 4. The first-order valence-electron chi connectivity index (χ1n) is 17.3. The molecule has 0 radical (unpaired) electrons. The molecule has 0 aromatic heterocycles. The molecule has 0 spiro atoms. The fraction of sp³-hybridized carbons (Fsp3) is 0.385. The highest BCUT2D eigenvalue weighted by atomic mass is 16.6. The fourth-order valence-electron chi connectivity index (χ4n) is 5.29. The summed E-state index contributed by atoms with van der Waals surface area (Å²) in [5.74, 6) is 0.858. The Balaban J connectivity index is 2.09. The normalized spacial score (nSPS) is 10.9. The molecule has 0 saturated carbocycles. The van der Waals surface area contributed by atoms with Crippen molar-refractivity contribution >= 4 is 34.9 Å². The number of carbonyl (C=O) groups is 2. The zero-order valence-electron chi connectivity index (χ0n) is 31.2. The van der Waals surface area contributed by atoms with Gasteiger partial charge in [0, 0.05) is 29.8 Å². The second-order valence-corrected chi connectivity index (χ2v) is 12.5. The average molecular weight is 733 g/mol. The highest BCUT2D eigenvalue weighted by Gasteiger charge is 2.23. The van der Waals surface area contributed by atoms with Gasteiger partial charge >= 0.3 is 12.2 Å². The molecule has 3 aromatic carbocycles. The molecule has 0 atom stereocenters. The van der Waals surface area contributed by atoms with Crippen LogP contribution >= 0.6 is 0 Å². The lowest BCUT2D eigenvalue weighted by molar-refractivity contribution is -0.385. The molecule has 0 aliphatic rings. The molecule has 0 saturated heterocycles. The number of hydrogen-bond donors (Lipinski definition) is 0. The van der Waals surface area contributed by atoms with Crippen molar-refractivity contribution in [2.45, 2.75) is 72.6 Å². The van der Waals surface area contributed by atoms with Crippen LogP contribution < -0.4 is 19.3 Å². The first-order chi connectivity index (χ1) is 25.4. The number of nitro groups is 2. The van der Waals surface area contributed by atoms with Crippen molar-refractivity contribution in [3.8, 4) is 11.5 Å². The minimum atomic E-state index is -0.734. The first-order valence-corrected chi connectivity index (χ1v) is 17.3. The number of allylic oxidation sites excluding steroid dienone is 4. The Morgan fingerprint density at radius 1 is 0.736 bits per heavy atom. The molecule has 53 heavy (non-hydrogen) atoms. The molecule has 14 nitrogen and oxygen atoms in total. The van der Waals surface area contributed by atoms with Crippen molar-refractivity contribution in [1.82, 2.24) is 0 Å². The number of methoxy groups -OCH3 is 2. The van der Waals surface area contributed by atoms with E-state index in [1.165, 1.54) is 78.1 Å². The highest BCUT2D eigenvalue weighted by Crippen LogP contribution is 2.34. The average Bonchev–Trinajstić information content (AvgIpc) is 3.14. The third-order valence-corrected chi connectivity index (χ3v) is 8.28. The Bertz CT molecular complexity index is 1670. The van der Waals surface area contributed by atoms with Gasteiger partial charge in [-0.3, -0.25) is 20.2 Å². The van der Waals surface area contributed by atoms with Crippen LogP contribution in [0.3, 0.4) is 0 Å². The van der Waals surface area contributed by atoms with Crippen LogP contribution in [0.15, 0.2) is 84.0 Å². The maximum Gasteiger partial charge on any atom is 0.416 e. The van der Waals surface area contributed by atoms with E-state index in [0.29, 0.717) is 41.3 Å². The second kappa shape index (κ2) is 20.8. The monoisotopic (exact) mass is 732 g/mol. The van der Waals surface area contributed by atoms with Gasteiger partial charge in [-0.05, 0) is 94.8 Å². The summed E-state index contributed by atoms with van der Waals surface area (Å²) in [4.78, 5) is 49.7. The quantitative estimate of drug-likeness (QED) is 0.0381. The number of rotatable bonds is 19. The summed E-state index contributed by atoms with van der Waals surface area (Å²) < 4.78 is 22.8. The van der Waals surface area contributed by atoms with Gasteiger partial charge in [-0.25, -0.2) is 19.4 Å². The Morgan fingerprint density at radius 3 is 1.60 bits per heavy atom. The van der Waals surface area contributed by atoms with Crippen LogP contribution in [-0.2, 0) is 22.3 Å². The number of nitro benzene ring substituents is 2. The summed E-state index contributed by atoms with van der Waals surface area (Å²) in [5, 5.41) is 22.5. The van der Waals surface area contributed by atoms with Crippen LogP contribution in [-0.4, -0.2) is 49.7 Å². The summed E-state index contributed by atoms with van der Waals surface area (Å²) in [5.41, 5.74) is 4.29. The van der Waals surface area contributed by atoms with Gasteiger partial charge in [-0.1, -0.05) is 43.1 Å². The van der Waals surface area contributed by atoms with Crippen LogP contribution in [0.4, 0.5) is 32.3 Å². The molecule has 0 N–H and O–H groups in total. The lowest BCUT2D eigenvalue weighted by Gasteiger charge is -2.25. The van der Waals surface area contributed by atoms with Gasteiger partial charge in [0.1, 0.15) is 11.5 Å². The van der Waals surface area contributed by atoms with E-state index in [0.717, 1.165) is 43.2 Å². The summed E-state index contributed by atoms with van der Waals surface area (Å²) >= 11 is 0. The van der Waals surface area contributed by atoms with Crippen molar-refractivity contribution < 1.29 is 38.4 Å². The van der Waals surface area contributed by atoms with Crippen molar-refractivity contribution in [1.29, 1.82) is 0 Å². The van der Waals surface area contributed by atoms with E-state index in [-0.39, 0.29) is 24.8 Å². The number of anilines is 2. The van der Waals surface area contributed by atoms with Crippen LogP contribution in [0.1, 0.15) is 70.9 Å². The Morgan fingerprint density at radius 2 is 1.21 bits per heavy atom. The number of hydrogen-bond acceptors (Lipinski definition) is 10. The zero-order chi connectivity index (χ0) is 38.9. The standard InChI is InChI=1S/C39H48N4O10/c1-7-8-9-13-30-24-36(52-26-40(38(44)50-5)31-15-19-33(20-16-31)42(46)47)35(23-14-29(4)12-10-11-28(2)3)37(25-30)53-27-41(39(45)51-6)32-17-21-34(22-18-32)43(48)49/h11,14-22,24-25H,7-10,12-13,23,26-27H2,1-6H3/b29-14+. The molecule has 0 fully saturated rings. The van der Waals surface area contributed by atoms with E-state index in [9.17, 15) is 29.8 Å². The topological polar surface area (TPSA) is 164 Å². The van der Waals surface area contributed by atoms with Gasteiger partial charge in [0.25, 0.3) is 11.4 Å². The lowest BCUT2D eigenvalue weighted by Crippen LogP contribution is -2.35. The molecule has 284 valence electrons. The van der Waals surface area contributed by atoms with E-state index in [1.807, 2.05) is 19.1 Å². The Hall–Kier alpha value is -5.92. The number of non-ortho nitro benzene ring substituents is 2. The largest absolute Gasteiger partial charge is 0.472 e. The minimum Gasteiger partial charge on any atom is -0.472 e. The molecule has 0 aliphatic heterocycles. The summed E-state index contributed by atoms with van der Waals surface area (Å²) in [7, 11) is 2.46. The summed E-state index contributed by atoms with van der Waals surface area (Å²) in [6.45, 7) is 7.66. The molecular formula is C39H48N4O10. The molecule has 3 rings (SSSR count). The van der Waals surface area contributed by atoms with E-state index in [4.69, 9.17) is 18.9 Å². The predicted octanol–water partition coefficient (Wildman–Crippen LogP) is 9.69. The van der Waals surface area contributed by atoms with Crippen molar-refractivity contribution in [3.05, 3.63) is 115 Å². The molecule has 3 aromatic rings. The number of amides is 2. The maximum atomic E-state index is 12.9. The number of carbonyl (C=O) groups excluding carboxylic acids is 2. The molecular weight excluding hydrogens is 684 g/mol. The zero-order valence-corrected chi connectivity index (χ0v) is 31.2. The number of aryl methyl sites for hydroxylation is 1. The van der Waals surface area contributed by atoms with E-state index >= 15 is 0 Å². The number of benzene rings is 3. The SMILES string of the molecule is CCCCCc1cc(OCN(C(=O)OC)c2ccc([N+](=O)[O-])cc2)c(C/C=C(\C)CCC=C(C)C)c(OCN(C(=O)OC)c2ccc([N+](=O)[O-])cc2)c1. The van der Waals surface area contributed by atoms with Crippen molar-refractivity contribution in [3.63, 3.8) is 0 Å². The van der Waals surface area contributed by atoms with Crippen molar-refractivity contribution in [2.75, 3.05) is 37.5 Å². The van der Waals surface area contributed by atoms with Gasteiger partial charge < -0.3 is 18.9 Å². The number of unbranched alkanes of at least 4 members (excludes halogenated alkanes) is 2. The molecule has 2 amide bonds. The lowest BCUT2D eigenvalue weighted by atomic mass is 10.00. The predicted molar refractivity (Wildman–Crippen MR) is 203 cm³/mol. The van der Waals surface area contributed by atoms with Crippen LogP contribution in [0.2, 0.25) is 0 Å². The fourth-order valence-corrected chi connectivity index (χ4v) is 5.29. The molecule has 0 heterocycles. The van der Waals surface area contributed by atoms with Crippen molar-refractivity contribution in [2.24, 2.45) is 0 Å². The van der Waals surface area contributed by atoms with Gasteiger partial charge in [-0.2, -0.15) is 0 Å². The van der Waals surface area contributed by atoms with Crippen LogP contribution in [0.5, 0.6) is 11.5 Å². The van der Waals surface area contributed by atoms with E-state index < -0.39 is 22.0 Å². The third-order valence-electron chi connectivity index (χ3n) is 8.28. The molecule has 0 aliphatic carbocycles. The number of ether oxygens (including phenoxy) is 4. The van der Waals surface area contributed by atoms with E-state index in [2.05, 4.69) is 32.9 Å². The third kappa shape index (κ3) is 12.7. The van der Waals surface area contributed by atoms with Crippen LogP contribution in [0.25, 0.3) is 0 Å². The molecule has 14 heteroatoms. The molecule has 0 bridgehead atoms. The van der Waals surface area contributed by atoms with E-state index in [1.54, 1.807) is 0 Å².